The van der Waals surface area contributed by atoms with Gasteiger partial charge in [0.2, 0.25) is 5.91 Å². The van der Waals surface area contributed by atoms with E-state index in [0.29, 0.717) is 6.42 Å². The fourth-order valence-corrected chi connectivity index (χ4v) is 2.38. The Bertz CT molecular complexity index is 582. The Kier molecular flexibility index (Phi) is 4.65. The van der Waals surface area contributed by atoms with Crippen molar-refractivity contribution in [3.8, 4) is 5.75 Å². The Morgan fingerprint density at radius 1 is 1.18 bits per heavy atom. The fourth-order valence-electron chi connectivity index (χ4n) is 2.38. The molecule has 0 aromatic heterocycles. The number of carbonyl (C=O) groups excluding carboxylic acids is 1. The number of hydrogen-bond acceptors (Lipinski definition) is 4. The van der Waals surface area contributed by atoms with Crippen LogP contribution in [-0.2, 0) is 14.4 Å². The second kappa shape index (κ2) is 6.46. The van der Waals surface area contributed by atoms with Gasteiger partial charge in [0.15, 0.2) is 0 Å². The molecule has 7 nitrogen and oxygen atoms in total. The summed E-state index contributed by atoms with van der Waals surface area (Å²) < 4.78 is 0. The third-order valence-corrected chi connectivity index (χ3v) is 3.71. The topological polar surface area (TPSA) is 124 Å². The molecule has 0 aliphatic heterocycles. The van der Waals surface area contributed by atoms with Crippen molar-refractivity contribution in [2.24, 2.45) is 5.92 Å². The van der Waals surface area contributed by atoms with Crippen LogP contribution in [0.1, 0.15) is 30.7 Å². The van der Waals surface area contributed by atoms with Crippen LogP contribution in [0.5, 0.6) is 5.75 Å². The Balaban J connectivity index is 1.90. The zero-order valence-corrected chi connectivity index (χ0v) is 11.7. The van der Waals surface area contributed by atoms with Crippen molar-refractivity contribution < 1.29 is 29.7 Å². The molecular formula is C15H17NO6. The quantitative estimate of drug-likeness (QED) is 0.594. The highest BCUT2D eigenvalue weighted by Gasteiger charge is 2.44. The summed E-state index contributed by atoms with van der Waals surface area (Å²) in [7, 11) is 0. The molecule has 1 aromatic carbocycles. The van der Waals surface area contributed by atoms with Gasteiger partial charge in [-0.25, -0.2) is 4.79 Å². The molecule has 0 bridgehead atoms. The number of aliphatic carboxylic acids is 2. The fraction of sp³-hybridized carbons (Fsp3) is 0.400. The molecule has 1 aliphatic carbocycles. The number of amides is 1. The summed E-state index contributed by atoms with van der Waals surface area (Å²) >= 11 is 0. The van der Waals surface area contributed by atoms with E-state index in [9.17, 15) is 19.5 Å². The molecule has 0 radical (unpaired) electrons. The largest absolute Gasteiger partial charge is 0.508 e. The Labute approximate surface area is 126 Å². The maximum absolute atomic E-state index is 12.0. The molecule has 0 saturated heterocycles. The van der Waals surface area contributed by atoms with E-state index in [1.165, 1.54) is 12.1 Å². The lowest BCUT2D eigenvalue weighted by Gasteiger charge is -2.13. The Morgan fingerprint density at radius 3 is 2.36 bits per heavy atom. The molecule has 0 heterocycles. The third kappa shape index (κ3) is 3.97. The van der Waals surface area contributed by atoms with Gasteiger partial charge in [-0.1, -0.05) is 12.1 Å². The predicted octanol–water partition coefficient (Wildman–Crippen LogP) is 0.930. The molecule has 4 N–H and O–H groups in total. The zero-order chi connectivity index (χ0) is 16.3. The lowest BCUT2D eigenvalue weighted by Crippen LogP contribution is -2.42. The van der Waals surface area contributed by atoms with E-state index in [1.807, 2.05) is 0 Å². The summed E-state index contributed by atoms with van der Waals surface area (Å²) in [5.74, 6) is -2.88. The molecule has 1 fully saturated rings. The molecule has 118 valence electrons. The van der Waals surface area contributed by atoms with Crippen LogP contribution in [-0.4, -0.2) is 39.2 Å². The Hall–Kier alpha value is -2.57. The minimum Gasteiger partial charge on any atom is -0.508 e. The van der Waals surface area contributed by atoms with Crippen LogP contribution in [0.15, 0.2) is 24.3 Å². The van der Waals surface area contributed by atoms with E-state index in [4.69, 9.17) is 10.2 Å². The predicted molar refractivity (Wildman–Crippen MR) is 75.4 cm³/mol. The second-order valence-electron chi connectivity index (χ2n) is 5.37. The van der Waals surface area contributed by atoms with Crippen LogP contribution < -0.4 is 5.32 Å². The van der Waals surface area contributed by atoms with Crippen molar-refractivity contribution in [2.45, 2.75) is 31.2 Å². The van der Waals surface area contributed by atoms with Gasteiger partial charge in [-0.3, -0.25) is 9.59 Å². The van der Waals surface area contributed by atoms with E-state index < -0.39 is 18.0 Å². The highest BCUT2D eigenvalue weighted by molar-refractivity contribution is 5.87. The summed E-state index contributed by atoms with van der Waals surface area (Å²) in [6, 6.07) is 5.34. The monoisotopic (exact) mass is 307 g/mol. The number of benzene rings is 1. The van der Waals surface area contributed by atoms with Crippen molar-refractivity contribution >= 4 is 17.8 Å². The summed E-state index contributed by atoms with van der Waals surface area (Å²) in [5.41, 5.74) is 0.912. The normalized spacial score (nSPS) is 20.9. The lowest BCUT2D eigenvalue weighted by molar-refractivity contribution is -0.143. The second-order valence-corrected chi connectivity index (χ2v) is 5.37. The van der Waals surface area contributed by atoms with Crippen LogP contribution in [0.4, 0.5) is 0 Å². The molecule has 2 rings (SSSR count). The maximum atomic E-state index is 12.0. The number of phenolic OH excluding ortho intramolecular Hbond substituents is 1. The van der Waals surface area contributed by atoms with Crippen LogP contribution in [0.3, 0.4) is 0 Å². The number of phenols is 1. The van der Waals surface area contributed by atoms with E-state index in [-0.39, 0.29) is 36.3 Å². The number of rotatable bonds is 7. The van der Waals surface area contributed by atoms with Crippen molar-refractivity contribution in [2.75, 3.05) is 0 Å². The molecule has 7 heteroatoms. The number of nitrogens with one attached hydrogen (secondary N) is 1. The van der Waals surface area contributed by atoms with Gasteiger partial charge in [-0.05, 0) is 36.5 Å². The van der Waals surface area contributed by atoms with Gasteiger partial charge < -0.3 is 20.6 Å². The van der Waals surface area contributed by atoms with Gasteiger partial charge in [0, 0.05) is 12.3 Å². The highest BCUT2D eigenvalue weighted by atomic mass is 16.4. The molecule has 1 aromatic rings. The van der Waals surface area contributed by atoms with E-state index >= 15 is 0 Å². The Morgan fingerprint density at radius 2 is 1.82 bits per heavy atom. The standard InChI is InChI=1S/C15H17NO6/c17-9-3-1-8(2-4-9)10-7-11(10)14(20)16-12(15(21)22)5-6-13(18)19/h1-4,10-12,17H,5-7H2,(H,16,20)(H,18,19)(H,21,22). The maximum Gasteiger partial charge on any atom is 0.326 e. The smallest absolute Gasteiger partial charge is 0.326 e. The molecule has 3 unspecified atom stereocenters. The minimum atomic E-state index is -1.24. The first-order valence-corrected chi connectivity index (χ1v) is 6.92. The van der Waals surface area contributed by atoms with Gasteiger partial charge in [-0.15, -0.1) is 0 Å². The average Bonchev–Trinajstić information content (AvgIpc) is 3.24. The van der Waals surface area contributed by atoms with Gasteiger partial charge in [0.05, 0.1) is 0 Å². The lowest BCUT2D eigenvalue weighted by atomic mass is 10.1. The number of carbonyl (C=O) groups is 3. The third-order valence-electron chi connectivity index (χ3n) is 3.71. The summed E-state index contributed by atoms with van der Waals surface area (Å²) in [6.45, 7) is 0. The van der Waals surface area contributed by atoms with Gasteiger partial charge in [0.1, 0.15) is 11.8 Å². The average molecular weight is 307 g/mol. The van der Waals surface area contributed by atoms with Crippen molar-refractivity contribution in [3.05, 3.63) is 29.8 Å². The first kappa shape index (κ1) is 15.8. The molecule has 3 atom stereocenters. The van der Waals surface area contributed by atoms with Gasteiger partial charge in [-0.2, -0.15) is 0 Å². The first-order chi connectivity index (χ1) is 10.4. The van der Waals surface area contributed by atoms with Gasteiger partial charge >= 0.3 is 11.9 Å². The van der Waals surface area contributed by atoms with Crippen LogP contribution in [0, 0.1) is 5.92 Å². The van der Waals surface area contributed by atoms with E-state index in [0.717, 1.165) is 5.56 Å². The summed E-state index contributed by atoms with van der Waals surface area (Å²) in [6.07, 6.45) is 0.151. The van der Waals surface area contributed by atoms with Crippen LogP contribution in [0.25, 0.3) is 0 Å². The number of aromatic hydroxyl groups is 1. The minimum absolute atomic E-state index is 0.00881. The molecular weight excluding hydrogens is 290 g/mol. The van der Waals surface area contributed by atoms with Crippen LogP contribution >= 0.6 is 0 Å². The molecule has 1 amide bonds. The SMILES string of the molecule is O=C(O)CCC(NC(=O)C1CC1c1ccc(O)cc1)C(=O)O. The zero-order valence-electron chi connectivity index (χ0n) is 11.7. The number of hydrogen-bond donors (Lipinski definition) is 4. The molecule has 0 spiro atoms. The first-order valence-electron chi connectivity index (χ1n) is 6.92. The number of carboxylic acid groups (broad SMARTS) is 2. The molecule has 1 aliphatic rings. The van der Waals surface area contributed by atoms with E-state index in [2.05, 4.69) is 5.32 Å². The van der Waals surface area contributed by atoms with Crippen molar-refractivity contribution in [3.63, 3.8) is 0 Å². The van der Waals surface area contributed by atoms with Crippen LogP contribution in [0.2, 0.25) is 0 Å². The number of carboxylic acids is 2. The van der Waals surface area contributed by atoms with Crippen molar-refractivity contribution in [1.29, 1.82) is 0 Å². The summed E-state index contributed by atoms with van der Waals surface area (Å²) in [5, 5.41) is 29.2. The van der Waals surface area contributed by atoms with Gasteiger partial charge in [0.25, 0.3) is 0 Å². The highest BCUT2D eigenvalue weighted by Crippen LogP contribution is 2.47. The summed E-state index contributed by atoms with van der Waals surface area (Å²) in [4.78, 5) is 33.6. The van der Waals surface area contributed by atoms with E-state index in [1.54, 1.807) is 12.1 Å². The molecule has 1 saturated carbocycles. The molecule has 22 heavy (non-hydrogen) atoms. The van der Waals surface area contributed by atoms with Crippen molar-refractivity contribution in [1.82, 2.24) is 5.32 Å².